The lowest BCUT2D eigenvalue weighted by Gasteiger charge is -2.09. The fourth-order valence-electron chi connectivity index (χ4n) is 3.30. The molecule has 1 N–H and O–H groups in total. The largest absolute Gasteiger partial charge is 0.493 e. The Morgan fingerprint density at radius 2 is 1.86 bits per heavy atom. The molecule has 0 atom stereocenters. The summed E-state index contributed by atoms with van der Waals surface area (Å²) in [6.45, 7) is 3.87. The van der Waals surface area contributed by atoms with Crippen LogP contribution in [0, 0.1) is 0 Å². The number of aliphatic imine (C=N–C) groups is 1. The highest BCUT2D eigenvalue weighted by atomic mass is 32.1. The van der Waals surface area contributed by atoms with E-state index in [9.17, 15) is 14.4 Å². The van der Waals surface area contributed by atoms with Crippen molar-refractivity contribution in [2.24, 2.45) is 4.99 Å². The van der Waals surface area contributed by atoms with Gasteiger partial charge < -0.3 is 19.5 Å². The van der Waals surface area contributed by atoms with Gasteiger partial charge in [-0.3, -0.25) is 4.79 Å². The van der Waals surface area contributed by atoms with Crippen LogP contribution in [0.2, 0.25) is 0 Å². The van der Waals surface area contributed by atoms with Crippen LogP contribution in [0.15, 0.2) is 82.3 Å². The fourth-order valence-corrected chi connectivity index (χ4v) is 3.90. The highest BCUT2D eigenvalue weighted by molar-refractivity contribution is 7.12. The van der Waals surface area contributed by atoms with Gasteiger partial charge in [-0.15, -0.1) is 11.3 Å². The average Bonchev–Trinajstić information content (AvgIpc) is 3.55. The Morgan fingerprint density at radius 1 is 1.08 bits per heavy atom. The summed E-state index contributed by atoms with van der Waals surface area (Å²) in [6, 6.07) is 15.2. The summed E-state index contributed by atoms with van der Waals surface area (Å²) in [5, 5.41) is 4.60. The number of benzene rings is 2. The van der Waals surface area contributed by atoms with Gasteiger partial charge in [0.05, 0.1) is 7.11 Å². The number of carbonyl (C=O) groups is 3. The molecular formula is C28H24N2O6S. The molecule has 1 aliphatic rings. The van der Waals surface area contributed by atoms with Gasteiger partial charge in [-0.05, 0) is 73.3 Å². The SMILES string of the molecule is COc1cc(C=C2N=C(c3ccc(NC(=O)CC=C(C)C)cc3)OC2=O)ccc1OC(=O)c1cccs1. The number of cyclic esters (lactones) is 1. The van der Waals surface area contributed by atoms with Crippen molar-refractivity contribution in [2.45, 2.75) is 20.3 Å². The number of hydrogen-bond donors (Lipinski definition) is 1. The predicted molar refractivity (Wildman–Crippen MR) is 142 cm³/mol. The van der Waals surface area contributed by atoms with Crippen molar-refractivity contribution >= 4 is 46.8 Å². The summed E-state index contributed by atoms with van der Waals surface area (Å²) in [7, 11) is 1.46. The number of nitrogens with one attached hydrogen (secondary N) is 1. The zero-order chi connectivity index (χ0) is 26.4. The van der Waals surface area contributed by atoms with E-state index in [4.69, 9.17) is 14.2 Å². The molecule has 0 fully saturated rings. The monoisotopic (exact) mass is 516 g/mol. The maximum absolute atomic E-state index is 12.4. The first-order chi connectivity index (χ1) is 17.8. The molecule has 1 aromatic heterocycles. The van der Waals surface area contributed by atoms with Crippen LogP contribution in [-0.4, -0.2) is 30.9 Å². The number of rotatable bonds is 8. The molecular weight excluding hydrogens is 492 g/mol. The first-order valence-electron chi connectivity index (χ1n) is 11.3. The normalized spacial score (nSPS) is 13.5. The van der Waals surface area contributed by atoms with Crippen LogP contribution in [0.3, 0.4) is 0 Å². The lowest BCUT2D eigenvalue weighted by Crippen LogP contribution is -2.10. The summed E-state index contributed by atoms with van der Waals surface area (Å²) in [5.41, 5.74) is 3.01. The molecule has 3 aromatic rings. The van der Waals surface area contributed by atoms with E-state index in [1.165, 1.54) is 18.4 Å². The summed E-state index contributed by atoms with van der Waals surface area (Å²) in [4.78, 5) is 41.5. The van der Waals surface area contributed by atoms with E-state index in [-0.39, 0.29) is 23.3 Å². The number of thiophene rings is 1. The van der Waals surface area contributed by atoms with Gasteiger partial charge in [0, 0.05) is 17.7 Å². The summed E-state index contributed by atoms with van der Waals surface area (Å²) >= 11 is 1.28. The minimum absolute atomic E-state index is 0.111. The molecule has 0 aliphatic carbocycles. The molecule has 0 bridgehead atoms. The number of carbonyl (C=O) groups excluding carboxylic acids is 3. The second kappa shape index (κ2) is 11.5. The molecule has 2 heterocycles. The average molecular weight is 517 g/mol. The summed E-state index contributed by atoms with van der Waals surface area (Å²) in [6.07, 6.45) is 3.71. The number of nitrogens with zero attached hydrogens (tertiary/aromatic N) is 1. The second-order valence-corrected chi connectivity index (χ2v) is 9.17. The first-order valence-corrected chi connectivity index (χ1v) is 12.2. The maximum Gasteiger partial charge on any atom is 0.363 e. The van der Waals surface area contributed by atoms with Crippen LogP contribution in [0.1, 0.15) is 41.1 Å². The van der Waals surface area contributed by atoms with Gasteiger partial charge in [-0.2, -0.15) is 0 Å². The zero-order valence-electron chi connectivity index (χ0n) is 20.4. The summed E-state index contributed by atoms with van der Waals surface area (Å²) < 4.78 is 16.1. The van der Waals surface area contributed by atoms with Gasteiger partial charge in [0.25, 0.3) is 0 Å². The topological polar surface area (TPSA) is 103 Å². The molecule has 37 heavy (non-hydrogen) atoms. The Bertz CT molecular complexity index is 1420. The molecule has 4 rings (SSSR count). The number of ether oxygens (including phenoxy) is 3. The van der Waals surface area contributed by atoms with E-state index in [1.807, 2.05) is 19.9 Å². The van der Waals surface area contributed by atoms with Crippen molar-refractivity contribution in [3.05, 3.63) is 93.3 Å². The van der Waals surface area contributed by atoms with Crippen molar-refractivity contribution in [2.75, 3.05) is 12.4 Å². The molecule has 0 saturated heterocycles. The Morgan fingerprint density at radius 3 is 2.54 bits per heavy atom. The Hall–Kier alpha value is -4.50. The van der Waals surface area contributed by atoms with Crippen molar-refractivity contribution in [1.82, 2.24) is 0 Å². The third-order valence-corrected chi connectivity index (χ3v) is 6.00. The molecule has 2 aromatic carbocycles. The molecule has 0 saturated carbocycles. The minimum atomic E-state index is -0.596. The highest BCUT2D eigenvalue weighted by Gasteiger charge is 2.24. The van der Waals surface area contributed by atoms with Gasteiger partial charge in [0.1, 0.15) is 4.88 Å². The van der Waals surface area contributed by atoms with Gasteiger partial charge in [-0.25, -0.2) is 14.6 Å². The minimum Gasteiger partial charge on any atom is -0.493 e. The lowest BCUT2D eigenvalue weighted by atomic mass is 10.1. The molecule has 188 valence electrons. The van der Waals surface area contributed by atoms with Crippen LogP contribution in [0.4, 0.5) is 5.69 Å². The van der Waals surface area contributed by atoms with Crippen molar-refractivity contribution in [1.29, 1.82) is 0 Å². The highest BCUT2D eigenvalue weighted by Crippen LogP contribution is 2.31. The van der Waals surface area contributed by atoms with E-state index >= 15 is 0 Å². The fraction of sp³-hybridized carbons (Fsp3) is 0.143. The quantitative estimate of drug-likeness (QED) is 0.181. The maximum atomic E-state index is 12.4. The van der Waals surface area contributed by atoms with Gasteiger partial charge in [0.15, 0.2) is 17.2 Å². The third-order valence-electron chi connectivity index (χ3n) is 5.15. The van der Waals surface area contributed by atoms with Crippen LogP contribution < -0.4 is 14.8 Å². The van der Waals surface area contributed by atoms with E-state index in [0.29, 0.717) is 33.9 Å². The van der Waals surface area contributed by atoms with E-state index < -0.39 is 11.9 Å². The van der Waals surface area contributed by atoms with Crippen LogP contribution in [-0.2, 0) is 14.3 Å². The third kappa shape index (κ3) is 6.59. The van der Waals surface area contributed by atoms with Crippen LogP contribution in [0.5, 0.6) is 11.5 Å². The number of anilines is 1. The zero-order valence-corrected chi connectivity index (χ0v) is 21.3. The predicted octanol–water partition coefficient (Wildman–Crippen LogP) is 5.62. The first kappa shape index (κ1) is 25.6. The van der Waals surface area contributed by atoms with Crippen molar-refractivity contribution in [3.63, 3.8) is 0 Å². The van der Waals surface area contributed by atoms with Crippen molar-refractivity contribution < 1.29 is 28.6 Å². The molecule has 8 nitrogen and oxygen atoms in total. The standard InChI is InChI=1S/C28H24N2O6S/c1-17(2)6-13-25(31)29-20-10-8-19(9-11-20)26-30-21(27(32)36-26)15-18-7-12-22(23(16-18)34-3)35-28(33)24-5-4-14-37-24/h4-12,14-16H,13H2,1-3H3,(H,29,31). The molecule has 0 unspecified atom stereocenters. The number of allylic oxidation sites excluding steroid dienone is 1. The van der Waals surface area contributed by atoms with Gasteiger partial charge in [-0.1, -0.05) is 23.8 Å². The number of hydrogen-bond acceptors (Lipinski definition) is 8. The Labute approximate surface area is 217 Å². The van der Waals surface area contributed by atoms with E-state index in [2.05, 4.69) is 10.3 Å². The molecule has 9 heteroatoms. The van der Waals surface area contributed by atoms with Gasteiger partial charge in [0.2, 0.25) is 11.8 Å². The second-order valence-electron chi connectivity index (χ2n) is 8.22. The van der Waals surface area contributed by atoms with Crippen molar-refractivity contribution in [3.8, 4) is 11.5 Å². The summed E-state index contributed by atoms with van der Waals surface area (Å²) in [5.74, 6) is -0.447. The lowest BCUT2D eigenvalue weighted by molar-refractivity contribution is -0.130. The van der Waals surface area contributed by atoms with E-state index in [1.54, 1.807) is 66.1 Å². The van der Waals surface area contributed by atoms with E-state index in [0.717, 1.165) is 5.57 Å². The molecule has 1 aliphatic heterocycles. The molecule has 0 radical (unpaired) electrons. The number of esters is 2. The Balaban J connectivity index is 1.47. The smallest absolute Gasteiger partial charge is 0.363 e. The number of methoxy groups -OCH3 is 1. The van der Waals surface area contributed by atoms with Gasteiger partial charge >= 0.3 is 11.9 Å². The molecule has 1 amide bonds. The number of amides is 1. The van der Waals surface area contributed by atoms with Crippen LogP contribution >= 0.6 is 11.3 Å². The molecule has 0 spiro atoms. The Kier molecular flexibility index (Phi) is 7.95. The van der Waals surface area contributed by atoms with Crippen LogP contribution in [0.25, 0.3) is 6.08 Å².